The van der Waals surface area contributed by atoms with Gasteiger partial charge in [-0.2, -0.15) is 15.2 Å². The highest BCUT2D eigenvalue weighted by Crippen LogP contribution is 2.24. The van der Waals surface area contributed by atoms with E-state index >= 15 is 0 Å². The Bertz CT molecular complexity index is 350. The molecule has 0 radical (unpaired) electrons. The number of hydrogen-bond donors (Lipinski definition) is 3. The molecule has 0 amide bonds. The number of hydrogen-bond acceptors (Lipinski definition) is 5. The third-order valence-electron chi connectivity index (χ3n) is 2.05. The second-order valence-corrected chi connectivity index (χ2v) is 3.07. The van der Waals surface area contributed by atoms with Crippen molar-refractivity contribution in [1.29, 1.82) is 0 Å². The largest absolute Gasteiger partial charge is 0.481 e. The Balaban J connectivity index is 1.82. The van der Waals surface area contributed by atoms with E-state index in [-0.39, 0.29) is 5.92 Å². The van der Waals surface area contributed by atoms with Crippen molar-refractivity contribution < 1.29 is 9.90 Å². The Labute approximate surface area is 79.2 Å². The zero-order chi connectivity index (χ0) is 9.97. The van der Waals surface area contributed by atoms with E-state index in [1.807, 2.05) is 0 Å². The molecule has 74 valence electrons. The van der Waals surface area contributed by atoms with Gasteiger partial charge in [-0.15, -0.1) is 0 Å². The fourth-order valence-electron chi connectivity index (χ4n) is 1.17. The summed E-state index contributed by atoms with van der Waals surface area (Å²) in [6.45, 7) is 0. The van der Waals surface area contributed by atoms with E-state index in [0.717, 1.165) is 5.71 Å². The predicted octanol–water partition coefficient (Wildman–Crippen LogP) is 0.0672. The first-order valence-corrected chi connectivity index (χ1v) is 4.15. The van der Waals surface area contributed by atoms with Crippen LogP contribution >= 0.6 is 0 Å². The Morgan fingerprint density at radius 1 is 1.71 bits per heavy atom. The first-order chi connectivity index (χ1) is 6.75. The zero-order valence-electron chi connectivity index (χ0n) is 7.27. The molecule has 0 saturated heterocycles. The zero-order valence-corrected chi connectivity index (χ0v) is 7.27. The fourth-order valence-corrected chi connectivity index (χ4v) is 1.17. The van der Waals surface area contributed by atoms with Crippen LogP contribution in [0.25, 0.3) is 0 Å². The molecule has 1 aliphatic rings. The second-order valence-electron chi connectivity index (χ2n) is 3.07. The number of carboxylic acids is 1. The number of hydrazone groups is 1. The molecule has 0 spiro atoms. The Morgan fingerprint density at radius 2 is 2.50 bits per heavy atom. The van der Waals surface area contributed by atoms with Crippen molar-refractivity contribution in [2.45, 2.75) is 12.8 Å². The molecule has 1 heterocycles. The normalized spacial score (nSPS) is 20.0. The van der Waals surface area contributed by atoms with Gasteiger partial charge in [-0.05, 0) is 0 Å². The standard InChI is InChI=1S/C7H9N5O2/c13-6(14)4-1-5(2-4)10-12-7-8-3-9-11-7/h3-4H,1-2H2,(H,13,14)(H2,8,9,11,12). The molecule has 1 aromatic heterocycles. The number of nitrogens with zero attached hydrogens (tertiary/aromatic N) is 3. The average Bonchev–Trinajstić information content (AvgIpc) is 2.52. The fraction of sp³-hybridized carbons (Fsp3) is 0.429. The third-order valence-corrected chi connectivity index (χ3v) is 2.05. The van der Waals surface area contributed by atoms with Gasteiger partial charge in [0.05, 0.1) is 5.92 Å². The van der Waals surface area contributed by atoms with Crippen molar-refractivity contribution >= 4 is 17.6 Å². The highest BCUT2D eigenvalue weighted by molar-refractivity contribution is 5.97. The van der Waals surface area contributed by atoms with Gasteiger partial charge in [0.15, 0.2) is 0 Å². The maximum Gasteiger partial charge on any atom is 0.307 e. The number of aliphatic carboxylic acids is 1. The van der Waals surface area contributed by atoms with Crippen LogP contribution < -0.4 is 5.43 Å². The summed E-state index contributed by atoms with van der Waals surface area (Å²) in [7, 11) is 0. The van der Waals surface area contributed by atoms with E-state index in [9.17, 15) is 4.79 Å². The SMILES string of the molecule is O=C(O)C1CC(=NNc2ncn[nH]2)C1. The number of aromatic nitrogens is 3. The van der Waals surface area contributed by atoms with Crippen LogP contribution in [0, 0.1) is 5.92 Å². The summed E-state index contributed by atoms with van der Waals surface area (Å²) in [4.78, 5) is 14.3. The number of carboxylic acid groups (broad SMARTS) is 1. The molecule has 1 fully saturated rings. The minimum absolute atomic E-state index is 0.273. The van der Waals surface area contributed by atoms with Gasteiger partial charge >= 0.3 is 5.97 Å². The van der Waals surface area contributed by atoms with Crippen LogP contribution in [0.2, 0.25) is 0 Å². The summed E-state index contributed by atoms with van der Waals surface area (Å²) in [6, 6.07) is 0. The van der Waals surface area contributed by atoms with Crippen LogP contribution in [-0.2, 0) is 4.79 Å². The van der Waals surface area contributed by atoms with Gasteiger partial charge in [0.1, 0.15) is 6.33 Å². The Morgan fingerprint density at radius 3 is 3.07 bits per heavy atom. The lowest BCUT2D eigenvalue weighted by Crippen LogP contribution is -2.31. The minimum Gasteiger partial charge on any atom is -0.481 e. The van der Waals surface area contributed by atoms with E-state index in [2.05, 4.69) is 25.7 Å². The van der Waals surface area contributed by atoms with Crippen molar-refractivity contribution in [2.75, 3.05) is 5.43 Å². The van der Waals surface area contributed by atoms with Gasteiger partial charge in [0.25, 0.3) is 0 Å². The molecule has 0 atom stereocenters. The smallest absolute Gasteiger partial charge is 0.307 e. The van der Waals surface area contributed by atoms with Crippen molar-refractivity contribution in [3.8, 4) is 0 Å². The highest BCUT2D eigenvalue weighted by Gasteiger charge is 2.30. The molecule has 0 unspecified atom stereocenters. The molecule has 1 saturated carbocycles. The maximum atomic E-state index is 10.5. The molecular weight excluding hydrogens is 186 g/mol. The summed E-state index contributed by atoms with van der Waals surface area (Å²) in [5, 5.41) is 18.8. The van der Waals surface area contributed by atoms with E-state index in [1.165, 1.54) is 6.33 Å². The lowest BCUT2D eigenvalue weighted by molar-refractivity contribution is -0.142. The lowest BCUT2D eigenvalue weighted by atomic mass is 9.83. The van der Waals surface area contributed by atoms with Crippen molar-refractivity contribution in [1.82, 2.24) is 15.2 Å². The van der Waals surface area contributed by atoms with E-state index in [1.54, 1.807) is 0 Å². The molecule has 0 aliphatic heterocycles. The monoisotopic (exact) mass is 195 g/mol. The summed E-state index contributed by atoms with van der Waals surface area (Å²) < 4.78 is 0. The molecule has 2 rings (SSSR count). The van der Waals surface area contributed by atoms with E-state index in [4.69, 9.17) is 5.11 Å². The molecule has 7 heteroatoms. The maximum absolute atomic E-state index is 10.5. The molecule has 0 bridgehead atoms. The minimum atomic E-state index is -0.761. The number of nitrogens with one attached hydrogen (secondary N) is 2. The molecule has 7 nitrogen and oxygen atoms in total. The number of aromatic amines is 1. The summed E-state index contributed by atoms with van der Waals surface area (Å²) >= 11 is 0. The summed E-state index contributed by atoms with van der Waals surface area (Å²) in [5.41, 5.74) is 3.49. The van der Waals surface area contributed by atoms with Gasteiger partial charge in [-0.3, -0.25) is 4.79 Å². The van der Waals surface area contributed by atoms with Gasteiger partial charge in [0.2, 0.25) is 5.95 Å². The number of H-pyrrole nitrogens is 1. The van der Waals surface area contributed by atoms with Crippen molar-refractivity contribution in [3.05, 3.63) is 6.33 Å². The first kappa shape index (κ1) is 8.67. The van der Waals surface area contributed by atoms with Crippen LogP contribution in [-0.4, -0.2) is 32.0 Å². The van der Waals surface area contributed by atoms with Crippen LogP contribution in [0.4, 0.5) is 5.95 Å². The Kier molecular flexibility index (Phi) is 2.13. The molecule has 3 N–H and O–H groups in total. The second kappa shape index (κ2) is 3.44. The van der Waals surface area contributed by atoms with Crippen molar-refractivity contribution in [2.24, 2.45) is 11.0 Å². The number of anilines is 1. The van der Waals surface area contributed by atoms with Gasteiger partial charge in [-0.1, -0.05) is 0 Å². The highest BCUT2D eigenvalue weighted by atomic mass is 16.4. The van der Waals surface area contributed by atoms with Gasteiger partial charge in [0, 0.05) is 18.6 Å². The first-order valence-electron chi connectivity index (χ1n) is 4.15. The van der Waals surface area contributed by atoms with Crippen LogP contribution in [0.5, 0.6) is 0 Å². The number of rotatable bonds is 3. The summed E-state index contributed by atoms with van der Waals surface area (Å²) in [5.74, 6) is -0.579. The van der Waals surface area contributed by atoms with Crippen molar-refractivity contribution in [3.63, 3.8) is 0 Å². The van der Waals surface area contributed by atoms with Crippen LogP contribution in [0.3, 0.4) is 0 Å². The summed E-state index contributed by atoms with van der Waals surface area (Å²) in [6.07, 6.45) is 2.39. The molecule has 1 aliphatic carbocycles. The molecular formula is C7H9N5O2. The van der Waals surface area contributed by atoms with Gasteiger partial charge < -0.3 is 5.11 Å². The average molecular weight is 195 g/mol. The van der Waals surface area contributed by atoms with E-state index < -0.39 is 5.97 Å². The van der Waals surface area contributed by atoms with Crippen LogP contribution in [0.1, 0.15) is 12.8 Å². The van der Waals surface area contributed by atoms with Gasteiger partial charge in [-0.25, -0.2) is 10.5 Å². The Hall–Kier alpha value is -1.92. The third kappa shape index (κ3) is 1.70. The topological polar surface area (TPSA) is 103 Å². The molecule has 1 aromatic rings. The number of carbonyl (C=O) groups is 1. The molecule has 14 heavy (non-hydrogen) atoms. The molecule has 0 aromatic carbocycles. The quantitative estimate of drug-likeness (QED) is 0.592. The predicted molar refractivity (Wildman–Crippen MR) is 47.8 cm³/mol. The van der Waals surface area contributed by atoms with E-state index in [0.29, 0.717) is 18.8 Å². The lowest BCUT2D eigenvalue weighted by Gasteiger charge is -2.23. The van der Waals surface area contributed by atoms with Crippen LogP contribution in [0.15, 0.2) is 11.4 Å².